The van der Waals surface area contributed by atoms with Crippen molar-refractivity contribution < 1.29 is 0 Å². The van der Waals surface area contributed by atoms with Crippen LogP contribution in [0.25, 0.3) is 9.40 Å². The van der Waals surface area contributed by atoms with Gasteiger partial charge in [-0.2, -0.15) is 0 Å². The average molecular weight is 308 g/mol. The summed E-state index contributed by atoms with van der Waals surface area (Å²) in [7, 11) is 0. The summed E-state index contributed by atoms with van der Waals surface area (Å²) in [5.74, 6) is 0. The summed E-state index contributed by atoms with van der Waals surface area (Å²) in [4.78, 5) is 2.94. The summed E-state index contributed by atoms with van der Waals surface area (Å²) < 4.78 is 2.85. The monoisotopic (exact) mass is 307 g/mol. The maximum Gasteiger partial charge on any atom is 0.0464 e. The molecule has 0 aliphatic heterocycles. The third-order valence-electron chi connectivity index (χ3n) is 3.13. The van der Waals surface area contributed by atoms with Gasteiger partial charge in [0, 0.05) is 31.6 Å². The maximum absolute atomic E-state index is 3.70. The van der Waals surface area contributed by atoms with Crippen molar-refractivity contribution in [3.05, 3.63) is 44.8 Å². The Morgan fingerprint density at radius 1 is 1.16 bits per heavy atom. The fourth-order valence-electron chi connectivity index (χ4n) is 2.18. The van der Waals surface area contributed by atoms with Crippen LogP contribution in [0.5, 0.6) is 0 Å². The van der Waals surface area contributed by atoms with Gasteiger partial charge in [0.15, 0.2) is 0 Å². The Balaban J connectivity index is 1.83. The second-order valence-corrected chi connectivity index (χ2v) is 7.68. The van der Waals surface area contributed by atoms with Crippen LogP contribution >= 0.6 is 34.0 Å². The van der Waals surface area contributed by atoms with Crippen LogP contribution < -0.4 is 5.32 Å². The largest absolute Gasteiger partial charge is 0.309 e. The van der Waals surface area contributed by atoms with Gasteiger partial charge in [0.25, 0.3) is 0 Å². The van der Waals surface area contributed by atoms with E-state index in [0.29, 0.717) is 6.04 Å². The quantitative estimate of drug-likeness (QED) is 0.651. The molecule has 3 aromatic rings. The van der Waals surface area contributed by atoms with Crippen molar-refractivity contribution in [3.8, 4) is 0 Å². The van der Waals surface area contributed by atoms with Gasteiger partial charge in [0.05, 0.1) is 0 Å². The molecule has 0 radical (unpaired) electrons. The Labute approximate surface area is 125 Å². The molecular weight excluding hydrogens is 290 g/mol. The summed E-state index contributed by atoms with van der Waals surface area (Å²) >= 11 is 5.64. The molecular formula is C15H17NS3. The molecule has 0 bridgehead atoms. The first kappa shape index (κ1) is 13.3. The van der Waals surface area contributed by atoms with E-state index < -0.39 is 0 Å². The zero-order valence-electron chi connectivity index (χ0n) is 10.9. The first-order chi connectivity index (χ1) is 9.36. The van der Waals surface area contributed by atoms with Crippen molar-refractivity contribution in [2.24, 2.45) is 0 Å². The Hall–Kier alpha value is -0.680. The highest BCUT2D eigenvalue weighted by atomic mass is 32.1. The molecule has 3 rings (SSSR count). The van der Waals surface area contributed by atoms with Crippen LogP contribution in [0.4, 0.5) is 0 Å². The lowest BCUT2D eigenvalue weighted by molar-refractivity contribution is 0.540. The average Bonchev–Trinajstić information content (AvgIpc) is 3.09. The molecule has 0 aromatic carbocycles. The van der Waals surface area contributed by atoms with Crippen molar-refractivity contribution in [1.29, 1.82) is 0 Å². The molecule has 3 aromatic heterocycles. The lowest BCUT2D eigenvalue weighted by Crippen LogP contribution is -2.22. The van der Waals surface area contributed by atoms with E-state index in [1.165, 1.54) is 25.6 Å². The number of thiophene rings is 3. The van der Waals surface area contributed by atoms with Crippen LogP contribution in [0, 0.1) is 0 Å². The lowest BCUT2D eigenvalue weighted by atomic mass is 10.1. The molecule has 100 valence electrons. The van der Waals surface area contributed by atoms with E-state index in [1.54, 1.807) is 0 Å². The SMILES string of the molecule is CCCNC(Cc1cccs1)c1cc2sccc2s1. The number of fused-ring (bicyclic) bond motifs is 1. The lowest BCUT2D eigenvalue weighted by Gasteiger charge is -2.16. The second-order valence-electron chi connectivity index (χ2n) is 4.59. The zero-order chi connectivity index (χ0) is 13.1. The summed E-state index contributed by atoms with van der Waals surface area (Å²) in [6, 6.07) is 9.44. The van der Waals surface area contributed by atoms with E-state index in [9.17, 15) is 0 Å². The van der Waals surface area contributed by atoms with Crippen LogP contribution in [-0.2, 0) is 6.42 Å². The van der Waals surface area contributed by atoms with E-state index in [0.717, 1.165) is 13.0 Å². The number of hydrogen-bond donors (Lipinski definition) is 1. The minimum Gasteiger partial charge on any atom is -0.309 e. The molecule has 0 fully saturated rings. The van der Waals surface area contributed by atoms with Crippen molar-refractivity contribution in [1.82, 2.24) is 5.32 Å². The van der Waals surface area contributed by atoms with Gasteiger partial charge in [-0.25, -0.2) is 0 Å². The van der Waals surface area contributed by atoms with Gasteiger partial charge in [-0.1, -0.05) is 13.0 Å². The van der Waals surface area contributed by atoms with Crippen LogP contribution in [0.1, 0.15) is 29.1 Å². The predicted octanol–water partition coefficient (Wildman–Crippen LogP) is 5.31. The highest BCUT2D eigenvalue weighted by Crippen LogP contribution is 2.35. The third-order valence-corrected chi connectivity index (χ3v) is 6.23. The normalized spacial score (nSPS) is 13.1. The van der Waals surface area contributed by atoms with Crippen LogP contribution in [0.15, 0.2) is 35.0 Å². The summed E-state index contributed by atoms with van der Waals surface area (Å²) in [5, 5.41) is 8.04. The van der Waals surface area contributed by atoms with Gasteiger partial charge in [0.1, 0.15) is 0 Å². The number of rotatable bonds is 6. The first-order valence-electron chi connectivity index (χ1n) is 6.59. The van der Waals surface area contributed by atoms with Crippen LogP contribution in [0.2, 0.25) is 0 Å². The molecule has 0 aliphatic rings. The minimum atomic E-state index is 0.461. The summed E-state index contributed by atoms with van der Waals surface area (Å²) in [5.41, 5.74) is 0. The van der Waals surface area contributed by atoms with E-state index in [-0.39, 0.29) is 0 Å². The predicted molar refractivity (Wildman–Crippen MR) is 88.8 cm³/mol. The van der Waals surface area contributed by atoms with Crippen LogP contribution in [0.3, 0.4) is 0 Å². The fourth-order valence-corrected chi connectivity index (χ4v) is 5.13. The van der Waals surface area contributed by atoms with Crippen LogP contribution in [-0.4, -0.2) is 6.54 Å². The molecule has 1 atom stereocenters. The summed E-state index contributed by atoms with van der Waals surface area (Å²) in [6.45, 7) is 3.31. The Kier molecular flexibility index (Phi) is 4.33. The molecule has 4 heteroatoms. The van der Waals surface area contributed by atoms with Gasteiger partial charge in [-0.3, -0.25) is 0 Å². The van der Waals surface area contributed by atoms with E-state index in [2.05, 4.69) is 47.3 Å². The molecule has 1 nitrogen and oxygen atoms in total. The maximum atomic E-state index is 3.70. The summed E-state index contributed by atoms with van der Waals surface area (Å²) in [6.07, 6.45) is 2.28. The van der Waals surface area contributed by atoms with Gasteiger partial charge in [-0.15, -0.1) is 34.0 Å². The standard InChI is InChI=1S/C15H17NS3/c1-2-6-16-12(9-11-4-3-7-17-11)14-10-15-13(19-14)5-8-18-15/h3-5,7-8,10,12,16H,2,6,9H2,1H3. The van der Waals surface area contributed by atoms with Crippen molar-refractivity contribution >= 4 is 43.4 Å². The number of nitrogens with one attached hydrogen (secondary N) is 1. The van der Waals surface area contributed by atoms with Crippen molar-refractivity contribution in [3.63, 3.8) is 0 Å². The molecule has 1 unspecified atom stereocenters. The molecule has 0 spiro atoms. The smallest absolute Gasteiger partial charge is 0.0464 e. The molecule has 0 saturated heterocycles. The van der Waals surface area contributed by atoms with Gasteiger partial charge < -0.3 is 5.32 Å². The molecule has 19 heavy (non-hydrogen) atoms. The Morgan fingerprint density at radius 3 is 2.84 bits per heavy atom. The van der Waals surface area contributed by atoms with Crippen molar-refractivity contribution in [2.75, 3.05) is 6.54 Å². The Morgan fingerprint density at radius 2 is 2.11 bits per heavy atom. The highest BCUT2D eigenvalue weighted by Gasteiger charge is 2.15. The molecule has 3 heterocycles. The van der Waals surface area contributed by atoms with Gasteiger partial charge in [-0.05, 0) is 41.9 Å². The highest BCUT2D eigenvalue weighted by molar-refractivity contribution is 7.27. The van der Waals surface area contributed by atoms with E-state index in [4.69, 9.17) is 0 Å². The molecule has 0 saturated carbocycles. The van der Waals surface area contributed by atoms with E-state index >= 15 is 0 Å². The molecule has 0 amide bonds. The first-order valence-corrected chi connectivity index (χ1v) is 9.17. The molecule has 0 aliphatic carbocycles. The second kappa shape index (κ2) is 6.18. The van der Waals surface area contributed by atoms with Crippen molar-refractivity contribution in [2.45, 2.75) is 25.8 Å². The Bertz CT molecular complexity index is 592. The fraction of sp³-hybridized carbons (Fsp3) is 0.333. The topological polar surface area (TPSA) is 12.0 Å². The minimum absolute atomic E-state index is 0.461. The van der Waals surface area contributed by atoms with E-state index in [1.807, 2.05) is 34.0 Å². The van der Waals surface area contributed by atoms with Gasteiger partial charge in [0.2, 0.25) is 0 Å². The third kappa shape index (κ3) is 3.08. The number of hydrogen-bond acceptors (Lipinski definition) is 4. The zero-order valence-corrected chi connectivity index (χ0v) is 13.3. The van der Waals surface area contributed by atoms with Gasteiger partial charge >= 0.3 is 0 Å². The molecule has 1 N–H and O–H groups in total.